The van der Waals surface area contributed by atoms with Gasteiger partial charge in [-0.15, -0.1) is 0 Å². The van der Waals surface area contributed by atoms with E-state index in [0.29, 0.717) is 40.8 Å². The molecule has 2 aromatic rings. The van der Waals surface area contributed by atoms with E-state index in [1.54, 1.807) is 25.1 Å². The smallest absolute Gasteiger partial charge is 0.342 e. The van der Waals surface area contributed by atoms with Crippen molar-refractivity contribution in [1.29, 1.82) is 0 Å². The van der Waals surface area contributed by atoms with Gasteiger partial charge in [0.15, 0.2) is 0 Å². The summed E-state index contributed by atoms with van der Waals surface area (Å²) in [5.74, 6) is 0.191. The van der Waals surface area contributed by atoms with Crippen LogP contribution >= 0.6 is 0 Å². The number of hydrogen-bond acceptors (Lipinski definition) is 5. The van der Waals surface area contributed by atoms with Gasteiger partial charge in [0.2, 0.25) is 10.0 Å². The van der Waals surface area contributed by atoms with Crippen molar-refractivity contribution >= 4 is 32.6 Å². The number of benzene rings is 1. The minimum atomic E-state index is -3.41. The number of aryl methyl sites for hydroxylation is 1. The Morgan fingerprint density at radius 2 is 1.96 bits per heavy atom. The largest absolute Gasteiger partial charge is 0.462 e. The van der Waals surface area contributed by atoms with Gasteiger partial charge in [0.05, 0.1) is 12.4 Å². The third-order valence-corrected chi connectivity index (χ3v) is 5.13. The Balaban J connectivity index is 2.43. The Morgan fingerprint density at radius 1 is 1.20 bits per heavy atom. The molecule has 0 aliphatic heterocycles. The molecule has 0 saturated heterocycles. The number of furan rings is 1. The highest BCUT2D eigenvalue weighted by molar-refractivity contribution is 7.92. The lowest BCUT2D eigenvalue weighted by Gasteiger charge is -2.07. The molecule has 0 unspecified atom stereocenters. The van der Waals surface area contributed by atoms with E-state index in [9.17, 15) is 13.2 Å². The second kappa shape index (κ2) is 8.38. The van der Waals surface area contributed by atoms with Gasteiger partial charge in [0.1, 0.15) is 16.9 Å². The lowest BCUT2D eigenvalue weighted by molar-refractivity contribution is 0.0526. The Hall–Kier alpha value is -2.02. The molecular weight excluding hydrogens is 342 g/mol. The highest BCUT2D eigenvalue weighted by Crippen LogP contribution is 2.30. The van der Waals surface area contributed by atoms with E-state index in [0.717, 1.165) is 12.8 Å². The van der Waals surface area contributed by atoms with E-state index in [-0.39, 0.29) is 12.4 Å². The summed E-state index contributed by atoms with van der Waals surface area (Å²) in [6.45, 7) is 5.94. The number of nitrogens with one attached hydrogen (secondary N) is 1. The lowest BCUT2D eigenvalue weighted by Crippen LogP contribution is -2.16. The van der Waals surface area contributed by atoms with Crippen LogP contribution in [-0.4, -0.2) is 26.7 Å². The molecular formula is C18H25NO5S. The molecule has 1 aromatic heterocycles. The van der Waals surface area contributed by atoms with E-state index in [1.165, 1.54) is 0 Å². The number of hydrogen-bond donors (Lipinski definition) is 1. The first-order valence-electron chi connectivity index (χ1n) is 8.64. The fourth-order valence-corrected chi connectivity index (χ4v) is 3.86. The van der Waals surface area contributed by atoms with Crippen LogP contribution in [0.1, 0.15) is 56.2 Å². The van der Waals surface area contributed by atoms with Crippen molar-refractivity contribution in [2.45, 2.75) is 46.5 Å². The summed E-state index contributed by atoms with van der Waals surface area (Å²) in [7, 11) is -3.41. The molecule has 1 heterocycles. The molecule has 1 N–H and O–H groups in total. The molecule has 0 atom stereocenters. The van der Waals surface area contributed by atoms with Crippen molar-refractivity contribution in [3.63, 3.8) is 0 Å². The van der Waals surface area contributed by atoms with Crippen molar-refractivity contribution in [2.75, 3.05) is 17.1 Å². The van der Waals surface area contributed by atoms with Gasteiger partial charge in [0, 0.05) is 17.5 Å². The van der Waals surface area contributed by atoms with E-state index in [1.807, 2.05) is 13.8 Å². The number of ether oxygens (including phenoxy) is 1. The first-order chi connectivity index (χ1) is 11.9. The average molecular weight is 367 g/mol. The summed E-state index contributed by atoms with van der Waals surface area (Å²) in [4.78, 5) is 12.3. The number of fused-ring (bicyclic) bond motifs is 1. The Labute approximate surface area is 148 Å². The molecule has 0 saturated carbocycles. The second-order valence-electron chi connectivity index (χ2n) is 5.86. The molecule has 0 spiro atoms. The van der Waals surface area contributed by atoms with Crippen LogP contribution in [0.3, 0.4) is 0 Å². The third-order valence-electron chi connectivity index (χ3n) is 3.76. The molecule has 0 aliphatic rings. The minimum absolute atomic E-state index is 0.0682. The van der Waals surface area contributed by atoms with Crippen molar-refractivity contribution in [2.24, 2.45) is 0 Å². The standard InChI is InChI=1S/C18H25NO5S/c1-4-7-11-25(21,22)19-13-9-10-15-14(12-13)17(18(20)23-6-3)16(24-15)8-5-2/h9-10,12,19H,4-8,11H2,1-3H3. The van der Waals surface area contributed by atoms with Gasteiger partial charge < -0.3 is 9.15 Å². The SMILES string of the molecule is CCCCS(=O)(=O)Nc1ccc2oc(CCC)c(C(=O)OCC)c2c1. The Kier molecular flexibility index (Phi) is 6.47. The molecule has 25 heavy (non-hydrogen) atoms. The molecule has 0 aliphatic carbocycles. The lowest BCUT2D eigenvalue weighted by atomic mass is 10.1. The van der Waals surface area contributed by atoms with E-state index < -0.39 is 16.0 Å². The summed E-state index contributed by atoms with van der Waals surface area (Å²) in [6.07, 6.45) is 2.83. The van der Waals surface area contributed by atoms with Crippen LogP contribution in [-0.2, 0) is 21.2 Å². The number of carbonyl (C=O) groups excluding carboxylic acids is 1. The number of esters is 1. The second-order valence-corrected chi connectivity index (χ2v) is 7.70. The Bertz CT molecular complexity index is 839. The summed E-state index contributed by atoms with van der Waals surface area (Å²) in [5, 5.41) is 0.567. The van der Waals surface area contributed by atoms with Gasteiger partial charge >= 0.3 is 5.97 Å². The minimum Gasteiger partial charge on any atom is -0.462 e. The molecule has 0 radical (unpaired) electrons. The summed E-state index contributed by atoms with van der Waals surface area (Å²) < 4.78 is 37.7. The summed E-state index contributed by atoms with van der Waals surface area (Å²) in [6, 6.07) is 4.95. The fraction of sp³-hybridized carbons (Fsp3) is 0.500. The molecule has 7 heteroatoms. The average Bonchev–Trinajstić information content (AvgIpc) is 2.90. The Morgan fingerprint density at radius 3 is 2.60 bits per heavy atom. The van der Waals surface area contributed by atoms with Gasteiger partial charge in [-0.2, -0.15) is 0 Å². The third kappa shape index (κ3) is 4.75. The highest BCUT2D eigenvalue weighted by atomic mass is 32.2. The summed E-state index contributed by atoms with van der Waals surface area (Å²) in [5.41, 5.74) is 1.34. The number of anilines is 1. The maximum Gasteiger partial charge on any atom is 0.342 e. The van der Waals surface area contributed by atoms with E-state index in [4.69, 9.17) is 9.15 Å². The number of carbonyl (C=O) groups is 1. The first kappa shape index (κ1) is 19.3. The van der Waals surface area contributed by atoms with Crippen LogP contribution in [0.4, 0.5) is 5.69 Å². The van der Waals surface area contributed by atoms with Crippen molar-refractivity contribution < 1.29 is 22.4 Å². The zero-order valence-corrected chi connectivity index (χ0v) is 15.7. The van der Waals surface area contributed by atoms with Crippen molar-refractivity contribution in [3.05, 3.63) is 29.5 Å². The van der Waals surface area contributed by atoms with Crippen molar-refractivity contribution in [3.8, 4) is 0 Å². The van der Waals surface area contributed by atoms with Crippen LogP contribution in [0, 0.1) is 0 Å². The predicted molar refractivity (Wildman–Crippen MR) is 98.5 cm³/mol. The predicted octanol–water partition coefficient (Wildman–Crippen LogP) is 4.10. The number of unbranched alkanes of at least 4 members (excludes halogenated alkanes) is 1. The van der Waals surface area contributed by atoms with E-state index >= 15 is 0 Å². The first-order valence-corrected chi connectivity index (χ1v) is 10.3. The van der Waals surface area contributed by atoms with Gasteiger partial charge in [-0.05, 0) is 38.0 Å². The van der Waals surface area contributed by atoms with Crippen LogP contribution in [0.15, 0.2) is 22.6 Å². The van der Waals surface area contributed by atoms with Crippen LogP contribution in [0.5, 0.6) is 0 Å². The van der Waals surface area contributed by atoms with Crippen molar-refractivity contribution in [1.82, 2.24) is 0 Å². The summed E-state index contributed by atoms with van der Waals surface area (Å²) >= 11 is 0. The monoisotopic (exact) mass is 367 g/mol. The topological polar surface area (TPSA) is 85.6 Å². The van der Waals surface area contributed by atoms with Crippen LogP contribution < -0.4 is 4.72 Å². The zero-order chi connectivity index (χ0) is 18.4. The quantitative estimate of drug-likeness (QED) is 0.674. The van der Waals surface area contributed by atoms with Gasteiger partial charge in [0.25, 0.3) is 0 Å². The van der Waals surface area contributed by atoms with Gasteiger partial charge in [-0.3, -0.25) is 4.72 Å². The molecule has 0 bridgehead atoms. The molecule has 138 valence electrons. The normalized spacial score (nSPS) is 11.6. The van der Waals surface area contributed by atoms with Crippen LogP contribution in [0.2, 0.25) is 0 Å². The highest BCUT2D eigenvalue weighted by Gasteiger charge is 2.22. The molecule has 2 rings (SSSR count). The van der Waals surface area contributed by atoms with Crippen LogP contribution in [0.25, 0.3) is 11.0 Å². The van der Waals surface area contributed by atoms with Gasteiger partial charge in [-0.1, -0.05) is 20.3 Å². The maximum atomic E-state index is 12.3. The van der Waals surface area contributed by atoms with E-state index in [2.05, 4.69) is 4.72 Å². The molecule has 0 amide bonds. The number of rotatable bonds is 9. The maximum absolute atomic E-state index is 12.3. The fourth-order valence-electron chi connectivity index (χ4n) is 2.61. The molecule has 0 fully saturated rings. The molecule has 1 aromatic carbocycles. The van der Waals surface area contributed by atoms with Gasteiger partial charge in [-0.25, -0.2) is 13.2 Å². The molecule has 6 nitrogen and oxygen atoms in total. The zero-order valence-electron chi connectivity index (χ0n) is 14.9. The number of sulfonamides is 1.